The SMILES string of the molecule is CC(C)(C)n1ccc(C(=O)NCc2ccc(-c3ncnn4cc(N5CCOCC5)cc34)c(F)c2Cl)n1. The third kappa shape index (κ3) is 4.66. The van der Waals surface area contributed by atoms with Crippen LogP contribution in [0.1, 0.15) is 36.8 Å². The Bertz CT molecular complexity index is 1420. The van der Waals surface area contributed by atoms with Gasteiger partial charge in [0.1, 0.15) is 17.7 Å². The van der Waals surface area contributed by atoms with Crippen molar-refractivity contribution in [3.8, 4) is 11.3 Å². The molecule has 1 aromatic carbocycles. The summed E-state index contributed by atoms with van der Waals surface area (Å²) in [7, 11) is 0. The molecule has 1 N–H and O–H groups in total. The normalized spacial score (nSPS) is 14.4. The van der Waals surface area contributed by atoms with Crippen LogP contribution in [-0.2, 0) is 16.8 Å². The van der Waals surface area contributed by atoms with Crippen LogP contribution in [0.2, 0.25) is 5.02 Å². The van der Waals surface area contributed by atoms with Crippen molar-refractivity contribution in [2.24, 2.45) is 0 Å². The van der Waals surface area contributed by atoms with Crippen LogP contribution in [0.25, 0.3) is 16.8 Å². The standard InChI is InChI=1S/C25H27ClFN7O2/c1-25(2,3)34-7-6-19(31-34)24(35)28-13-16-4-5-18(22(27)21(16)26)23-20-12-17(14-33(20)30-15-29-23)32-8-10-36-11-9-32/h4-7,12,14-15H,8-11,13H2,1-3H3,(H,28,35). The summed E-state index contributed by atoms with van der Waals surface area (Å²) < 4.78 is 24.3. The Morgan fingerprint density at radius 1 is 1.22 bits per heavy atom. The highest BCUT2D eigenvalue weighted by Crippen LogP contribution is 2.33. The first-order valence-corrected chi connectivity index (χ1v) is 12.1. The summed E-state index contributed by atoms with van der Waals surface area (Å²) >= 11 is 6.40. The molecule has 9 nitrogen and oxygen atoms in total. The van der Waals surface area contributed by atoms with Gasteiger partial charge >= 0.3 is 0 Å². The third-order valence-electron chi connectivity index (χ3n) is 6.13. The number of fused-ring (bicyclic) bond motifs is 1. The molecular formula is C25H27ClFN7O2. The topological polar surface area (TPSA) is 89.6 Å². The molecule has 1 fully saturated rings. The maximum atomic E-state index is 15.5. The third-order valence-corrected chi connectivity index (χ3v) is 6.54. The predicted octanol–water partition coefficient (Wildman–Crippen LogP) is 3.91. The Labute approximate surface area is 212 Å². The lowest BCUT2D eigenvalue weighted by Crippen LogP contribution is -2.35. The second-order valence-electron chi connectivity index (χ2n) is 9.64. The maximum absolute atomic E-state index is 15.5. The number of benzene rings is 1. The van der Waals surface area contributed by atoms with E-state index in [1.54, 1.807) is 33.6 Å². The van der Waals surface area contributed by atoms with E-state index in [0.29, 0.717) is 30.0 Å². The van der Waals surface area contributed by atoms with E-state index in [1.807, 2.05) is 33.0 Å². The molecule has 188 valence electrons. The van der Waals surface area contributed by atoms with Gasteiger partial charge in [-0.15, -0.1) is 0 Å². The number of rotatable bonds is 5. The molecule has 0 bridgehead atoms. The number of nitrogens with one attached hydrogen (secondary N) is 1. The summed E-state index contributed by atoms with van der Waals surface area (Å²) in [6.07, 6.45) is 5.05. The Balaban J connectivity index is 1.37. The van der Waals surface area contributed by atoms with E-state index < -0.39 is 5.82 Å². The van der Waals surface area contributed by atoms with Crippen LogP contribution in [0.15, 0.2) is 43.0 Å². The van der Waals surface area contributed by atoms with Gasteiger partial charge in [0.2, 0.25) is 0 Å². The van der Waals surface area contributed by atoms with Crippen molar-refractivity contribution in [2.45, 2.75) is 32.9 Å². The van der Waals surface area contributed by atoms with E-state index in [1.165, 1.54) is 6.33 Å². The molecule has 5 rings (SSSR count). The zero-order valence-electron chi connectivity index (χ0n) is 20.3. The first-order valence-electron chi connectivity index (χ1n) is 11.7. The van der Waals surface area contributed by atoms with E-state index >= 15 is 4.39 Å². The minimum atomic E-state index is -0.602. The Kier molecular flexibility index (Phi) is 6.40. The van der Waals surface area contributed by atoms with Crippen molar-refractivity contribution in [3.63, 3.8) is 0 Å². The highest BCUT2D eigenvalue weighted by molar-refractivity contribution is 6.31. The summed E-state index contributed by atoms with van der Waals surface area (Å²) in [4.78, 5) is 19.1. The molecule has 1 aliphatic heterocycles. The van der Waals surface area contributed by atoms with Gasteiger partial charge in [0, 0.05) is 31.4 Å². The van der Waals surface area contributed by atoms with E-state index in [-0.39, 0.29) is 34.3 Å². The fourth-order valence-corrected chi connectivity index (χ4v) is 4.34. The summed E-state index contributed by atoms with van der Waals surface area (Å²) in [5.41, 5.74) is 2.84. The van der Waals surface area contributed by atoms with Gasteiger partial charge < -0.3 is 15.0 Å². The summed E-state index contributed by atoms with van der Waals surface area (Å²) in [5.74, 6) is -0.963. The van der Waals surface area contributed by atoms with Gasteiger partial charge in [0.15, 0.2) is 5.82 Å². The molecule has 0 saturated carbocycles. The first-order chi connectivity index (χ1) is 17.2. The average Bonchev–Trinajstić information content (AvgIpc) is 3.53. The molecule has 0 radical (unpaired) electrons. The average molecular weight is 512 g/mol. The molecule has 36 heavy (non-hydrogen) atoms. The number of nitrogens with zero attached hydrogens (tertiary/aromatic N) is 6. The number of halogens is 2. The monoisotopic (exact) mass is 511 g/mol. The maximum Gasteiger partial charge on any atom is 0.272 e. The molecule has 0 aliphatic carbocycles. The van der Waals surface area contributed by atoms with Crippen molar-refractivity contribution in [2.75, 3.05) is 31.2 Å². The van der Waals surface area contributed by atoms with E-state index in [0.717, 1.165) is 18.8 Å². The molecule has 0 atom stereocenters. The van der Waals surface area contributed by atoms with Crippen molar-refractivity contribution in [3.05, 3.63) is 65.1 Å². The van der Waals surface area contributed by atoms with Crippen molar-refractivity contribution < 1.29 is 13.9 Å². The zero-order valence-corrected chi connectivity index (χ0v) is 21.1. The van der Waals surface area contributed by atoms with E-state index in [9.17, 15) is 4.79 Å². The number of amides is 1. The molecule has 4 aromatic rings. The summed E-state index contributed by atoms with van der Waals surface area (Å²) in [6, 6.07) is 6.91. The zero-order chi connectivity index (χ0) is 25.4. The van der Waals surface area contributed by atoms with Crippen molar-refractivity contribution in [1.82, 2.24) is 29.7 Å². The minimum absolute atomic E-state index is 0.0583. The largest absolute Gasteiger partial charge is 0.378 e. The molecule has 0 unspecified atom stereocenters. The summed E-state index contributed by atoms with van der Waals surface area (Å²) in [5, 5.41) is 11.3. The molecule has 4 heterocycles. The number of morpholine rings is 1. The Hall–Kier alpha value is -3.50. The Morgan fingerprint density at radius 3 is 2.72 bits per heavy atom. The second-order valence-corrected chi connectivity index (χ2v) is 10.0. The van der Waals surface area contributed by atoms with Crippen molar-refractivity contribution >= 4 is 28.7 Å². The number of ether oxygens (including phenoxy) is 1. The highest BCUT2D eigenvalue weighted by Gasteiger charge is 2.21. The molecule has 3 aromatic heterocycles. The smallest absolute Gasteiger partial charge is 0.272 e. The van der Waals surface area contributed by atoms with Gasteiger partial charge in [-0.05, 0) is 44.5 Å². The number of aromatic nitrogens is 5. The molecule has 11 heteroatoms. The van der Waals surface area contributed by atoms with E-state index in [2.05, 4.69) is 25.4 Å². The second kappa shape index (κ2) is 9.51. The van der Waals surface area contributed by atoms with Gasteiger partial charge in [-0.25, -0.2) is 13.9 Å². The lowest BCUT2D eigenvalue weighted by atomic mass is 10.1. The molecule has 1 amide bonds. The fraction of sp³-hybridized carbons (Fsp3) is 0.360. The van der Waals surface area contributed by atoms with Crippen LogP contribution in [0.4, 0.5) is 10.1 Å². The number of anilines is 1. The van der Waals surface area contributed by atoms with Gasteiger partial charge in [-0.3, -0.25) is 9.48 Å². The number of hydrogen-bond acceptors (Lipinski definition) is 6. The van der Waals surface area contributed by atoms with Gasteiger partial charge in [-0.1, -0.05) is 17.7 Å². The van der Waals surface area contributed by atoms with Crippen LogP contribution < -0.4 is 10.2 Å². The van der Waals surface area contributed by atoms with Crippen molar-refractivity contribution in [1.29, 1.82) is 0 Å². The van der Waals surface area contributed by atoms with Crippen LogP contribution in [0.5, 0.6) is 0 Å². The lowest BCUT2D eigenvalue weighted by molar-refractivity contribution is 0.0944. The lowest BCUT2D eigenvalue weighted by Gasteiger charge is -2.27. The van der Waals surface area contributed by atoms with Crippen LogP contribution >= 0.6 is 11.6 Å². The Morgan fingerprint density at radius 2 is 2.00 bits per heavy atom. The van der Waals surface area contributed by atoms with Gasteiger partial charge in [-0.2, -0.15) is 10.2 Å². The molecule has 1 aliphatic rings. The first kappa shape index (κ1) is 24.2. The molecular weight excluding hydrogens is 485 g/mol. The van der Waals surface area contributed by atoms with Crippen LogP contribution in [-0.4, -0.2) is 56.6 Å². The van der Waals surface area contributed by atoms with Gasteiger partial charge in [0.25, 0.3) is 5.91 Å². The fourth-order valence-electron chi connectivity index (χ4n) is 4.11. The van der Waals surface area contributed by atoms with Crippen LogP contribution in [0, 0.1) is 5.82 Å². The number of carbonyl (C=O) groups is 1. The number of hydrogen-bond donors (Lipinski definition) is 1. The van der Waals surface area contributed by atoms with Crippen LogP contribution in [0.3, 0.4) is 0 Å². The molecule has 0 spiro atoms. The molecule has 1 saturated heterocycles. The summed E-state index contributed by atoms with van der Waals surface area (Å²) in [6.45, 7) is 8.91. The minimum Gasteiger partial charge on any atom is -0.378 e. The highest BCUT2D eigenvalue weighted by atomic mass is 35.5. The predicted molar refractivity (Wildman–Crippen MR) is 135 cm³/mol. The van der Waals surface area contributed by atoms with Gasteiger partial charge in [0.05, 0.1) is 41.2 Å². The quantitative estimate of drug-likeness (QED) is 0.437. The van der Waals surface area contributed by atoms with E-state index in [4.69, 9.17) is 16.3 Å². The number of carbonyl (C=O) groups excluding carboxylic acids is 1.